The number of benzene rings is 1. The van der Waals surface area contributed by atoms with E-state index in [1.54, 1.807) is 6.07 Å². The Morgan fingerprint density at radius 1 is 1.08 bits per heavy atom. The van der Waals surface area contributed by atoms with Crippen molar-refractivity contribution in [3.8, 4) is 0 Å². The lowest BCUT2D eigenvalue weighted by Crippen LogP contribution is -2.34. The molecule has 0 aliphatic heterocycles. The maximum Gasteiger partial charge on any atom is 0.261 e. The Morgan fingerprint density at radius 3 is 2.36 bits per heavy atom. The van der Waals surface area contributed by atoms with Crippen LogP contribution in [0.15, 0.2) is 41.8 Å². The minimum atomic E-state index is -0.245. The molecule has 0 aliphatic rings. The maximum absolute atomic E-state index is 11.9. The number of amides is 2. The molecule has 1 atom stereocenters. The van der Waals surface area contributed by atoms with Gasteiger partial charge in [0.05, 0.1) is 4.88 Å². The molecule has 2 rings (SSSR count). The number of carbonyl (C=O) groups is 2. The second-order valence-electron chi connectivity index (χ2n) is 6.22. The largest absolute Gasteiger partial charge is 0.354 e. The number of rotatable bonds is 8. The van der Waals surface area contributed by atoms with Crippen molar-refractivity contribution >= 4 is 23.2 Å². The highest BCUT2D eigenvalue weighted by molar-refractivity contribution is 7.12. The van der Waals surface area contributed by atoms with Crippen LogP contribution in [0.25, 0.3) is 0 Å². The molecule has 0 aliphatic carbocycles. The monoisotopic (exact) mass is 359 g/mol. The van der Waals surface area contributed by atoms with Gasteiger partial charge in [-0.2, -0.15) is 0 Å². The Hall–Kier alpha value is -2.18. The fraction of sp³-hybridized carbons (Fsp3) is 0.368. The average Bonchev–Trinajstić information content (AvgIpc) is 3.14. The van der Waals surface area contributed by atoms with Gasteiger partial charge in [0.15, 0.2) is 0 Å². The van der Waals surface area contributed by atoms with Gasteiger partial charge in [-0.15, -0.1) is 11.3 Å². The Bertz CT molecular complexity index is 681. The molecule has 1 aromatic heterocycles. The summed E-state index contributed by atoms with van der Waals surface area (Å²) in [5.74, 6) is 0.208. The molecular formula is C19H25N3O2S. The van der Waals surface area contributed by atoms with Gasteiger partial charge in [0.1, 0.15) is 0 Å². The predicted molar refractivity (Wildman–Crippen MR) is 102 cm³/mol. The minimum Gasteiger partial charge on any atom is -0.354 e. The summed E-state index contributed by atoms with van der Waals surface area (Å²) in [6.45, 7) is 4.97. The van der Waals surface area contributed by atoms with Crippen LogP contribution in [0.4, 0.5) is 0 Å². The highest BCUT2D eigenvalue weighted by atomic mass is 32.1. The Balaban J connectivity index is 1.69. The molecule has 1 heterocycles. The van der Waals surface area contributed by atoms with Gasteiger partial charge < -0.3 is 16.4 Å². The summed E-state index contributed by atoms with van der Waals surface area (Å²) in [4.78, 5) is 24.3. The molecule has 0 saturated heterocycles. The zero-order valence-corrected chi connectivity index (χ0v) is 15.4. The van der Waals surface area contributed by atoms with Crippen molar-refractivity contribution in [3.63, 3.8) is 0 Å². The van der Waals surface area contributed by atoms with Crippen molar-refractivity contribution in [3.05, 3.63) is 57.8 Å². The lowest BCUT2D eigenvalue weighted by Gasteiger charge is -2.14. The standard InChI is InChI=1S/C19H25N3O2S/c1-13(2)14-5-7-15(8-6-14)16(20)12-22-18(23)9-10-21-19(24)17-4-3-11-25-17/h3-8,11,13,16H,9-10,12,20H2,1-2H3,(H,21,24)(H,22,23). The van der Waals surface area contributed by atoms with E-state index in [4.69, 9.17) is 5.73 Å². The Labute approximate surface area is 152 Å². The molecule has 1 unspecified atom stereocenters. The molecule has 1 aromatic carbocycles. The first-order chi connectivity index (χ1) is 12.0. The van der Waals surface area contributed by atoms with Crippen LogP contribution in [-0.2, 0) is 4.79 Å². The highest BCUT2D eigenvalue weighted by Crippen LogP contribution is 2.17. The summed E-state index contributed by atoms with van der Waals surface area (Å²) in [5.41, 5.74) is 8.39. The van der Waals surface area contributed by atoms with E-state index in [0.717, 1.165) is 5.56 Å². The second-order valence-corrected chi connectivity index (χ2v) is 7.16. The minimum absolute atomic E-state index is 0.124. The topological polar surface area (TPSA) is 84.2 Å². The zero-order valence-electron chi connectivity index (χ0n) is 14.6. The van der Waals surface area contributed by atoms with Crippen molar-refractivity contribution in [1.29, 1.82) is 0 Å². The van der Waals surface area contributed by atoms with Gasteiger partial charge >= 0.3 is 0 Å². The van der Waals surface area contributed by atoms with Crippen molar-refractivity contribution < 1.29 is 9.59 Å². The van der Waals surface area contributed by atoms with Gasteiger partial charge in [0.25, 0.3) is 5.91 Å². The fourth-order valence-corrected chi connectivity index (χ4v) is 2.98. The van der Waals surface area contributed by atoms with Gasteiger partial charge in [0.2, 0.25) is 5.91 Å². The molecule has 0 fully saturated rings. The summed E-state index contributed by atoms with van der Waals surface area (Å²) in [6, 6.07) is 11.5. The van der Waals surface area contributed by atoms with Crippen molar-refractivity contribution in [2.45, 2.75) is 32.2 Å². The molecule has 134 valence electrons. The normalized spacial score (nSPS) is 12.0. The summed E-state index contributed by atoms with van der Waals surface area (Å²) in [5, 5.41) is 7.39. The zero-order chi connectivity index (χ0) is 18.2. The first-order valence-electron chi connectivity index (χ1n) is 8.41. The van der Waals surface area contributed by atoms with E-state index in [0.29, 0.717) is 23.9 Å². The number of hydrogen-bond donors (Lipinski definition) is 3. The Morgan fingerprint density at radius 2 is 1.76 bits per heavy atom. The van der Waals surface area contributed by atoms with E-state index in [9.17, 15) is 9.59 Å². The van der Waals surface area contributed by atoms with Gasteiger partial charge in [-0.05, 0) is 28.5 Å². The van der Waals surface area contributed by atoms with Crippen LogP contribution in [0.2, 0.25) is 0 Å². The van der Waals surface area contributed by atoms with E-state index in [-0.39, 0.29) is 24.3 Å². The van der Waals surface area contributed by atoms with Crippen LogP contribution in [0, 0.1) is 0 Å². The predicted octanol–water partition coefficient (Wildman–Crippen LogP) is 2.81. The van der Waals surface area contributed by atoms with E-state index < -0.39 is 0 Å². The highest BCUT2D eigenvalue weighted by Gasteiger charge is 2.10. The number of thiophene rings is 1. The molecule has 5 nitrogen and oxygen atoms in total. The summed E-state index contributed by atoms with van der Waals surface area (Å²) in [7, 11) is 0. The van der Waals surface area contributed by atoms with Gasteiger partial charge in [-0.3, -0.25) is 9.59 Å². The summed E-state index contributed by atoms with van der Waals surface area (Å²) in [6.07, 6.45) is 0.232. The summed E-state index contributed by atoms with van der Waals surface area (Å²) < 4.78 is 0. The van der Waals surface area contributed by atoms with Crippen LogP contribution in [0.3, 0.4) is 0 Å². The molecule has 4 N–H and O–H groups in total. The molecule has 0 radical (unpaired) electrons. The molecule has 6 heteroatoms. The first-order valence-corrected chi connectivity index (χ1v) is 9.29. The van der Waals surface area contributed by atoms with Crippen LogP contribution >= 0.6 is 11.3 Å². The molecule has 0 spiro atoms. The van der Waals surface area contributed by atoms with Crippen molar-refractivity contribution in [1.82, 2.24) is 10.6 Å². The van der Waals surface area contributed by atoms with E-state index in [2.05, 4.69) is 36.6 Å². The third-order valence-corrected chi connectivity index (χ3v) is 4.80. The molecule has 0 bridgehead atoms. The van der Waals surface area contributed by atoms with Crippen LogP contribution < -0.4 is 16.4 Å². The lowest BCUT2D eigenvalue weighted by molar-refractivity contribution is -0.121. The quantitative estimate of drug-likeness (QED) is 0.677. The van der Waals surface area contributed by atoms with Gasteiger partial charge in [-0.1, -0.05) is 44.2 Å². The van der Waals surface area contributed by atoms with E-state index in [1.807, 2.05) is 23.6 Å². The number of nitrogens with one attached hydrogen (secondary N) is 2. The third kappa shape index (κ3) is 5.99. The SMILES string of the molecule is CC(C)c1ccc(C(N)CNC(=O)CCNC(=O)c2cccs2)cc1. The number of nitrogens with two attached hydrogens (primary N) is 1. The smallest absolute Gasteiger partial charge is 0.261 e. The first kappa shape index (κ1) is 19.1. The number of hydrogen-bond acceptors (Lipinski definition) is 4. The van der Waals surface area contributed by atoms with E-state index >= 15 is 0 Å². The third-order valence-electron chi connectivity index (χ3n) is 3.93. The molecule has 2 amide bonds. The van der Waals surface area contributed by atoms with E-state index in [1.165, 1.54) is 16.9 Å². The number of carbonyl (C=O) groups excluding carboxylic acids is 2. The lowest BCUT2D eigenvalue weighted by atomic mass is 9.99. The molecule has 0 saturated carbocycles. The van der Waals surface area contributed by atoms with Crippen molar-refractivity contribution in [2.24, 2.45) is 5.73 Å². The molecule has 2 aromatic rings. The van der Waals surface area contributed by atoms with Gasteiger partial charge in [0, 0.05) is 25.6 Å². The Kier molecular flexibility index (Phi) is 7.16. The van der Waals surface area contributed by atoms with Crippen LogP contribution in [-0.4, -0.2) is 24.9 Å². The molecule has 25 heavy (non-hydrogen) atoms. The maximum atomic E-state index is 11.9. The van der Waals surface area contributed by atoms with Crippen molar-refractivity contribution in [2.75, 3.05) is 13.1 Å². The fourth-order valence-electron chi connectivity index (χ4n) is 2.34. The second kappa shape index (κ2) is 9.34. The van der Waals surface area contributed by atoms with Crippen LogP contribution in [0.5, 0.6) is 0 Å². The molecular weight excluding hydrogens is 334 g/mol. The average molecular weight is 359 g/mol. The van der Waals surface area contributed by atoms with Crippen LogP contribution in [0.1, 0.15) is 53.0 Å². The van der Waals surface area contributed by atoms with Gasteiger partial charge in [-0.25, -0.2) is 0 Å². The summed E-state index contributed by atoms with van der Waals surface area (Å²) >= 11 is 1.38.